The van der Waals surface area contributed by atoms with E-state index in [1.165, 1.54) is 18.2 Å². The van der Waals surface area contributed by atoms with Gasteiger partial charge in [0.25, 0.3) is 0 Å². The Kier molecular flexibility index (Phi) is 4.11. The lowest BCUT2D eigenvalue weighted by atomic mass is 10.1. The van der Waals surface area contributed by atoms with Crippen molar-refractivity contribution in [1.82, 2.24) is 4.98 Å². The van der Waals surface area contributed by atoms with Gasteiger partial charge in [0.15, 0.2) is 5.01 Å². The predicted molar refractivity (Wildman–Crippen MR) is 72.3 cm³/mol. The highest BCUT2D eigenvalue weighted by atomic mass is 127. The monoisotopic (exact) mass is 402 g/mol. The van der Waals surface area contributed by atoms with Gasteiger partial charge in [-0.1, -0.05) is 6.07 Å². The molecule has 2 rings (SSSR count). The van der Waals surface area contributed by atoms with Crippen molar-refractivity contribution in [2.45, 2.75) is 12.2 Å². The first-order chi connectivity index (χ1) is 8.79. The number of thiazole rings is 1. The molecule has 8 heteroatoms. The lowest BCUT2D eigenvalue weighted by Gasteiger charge is -2.11. The van der Waals surface area contributed by atoms with Gasteiger partial charge in [0, 0.05) is 14.6 Å². The highest BCUT2D eigenvalue weighted by molar-refractivity contribution is 14.1. The Bertz CT molecular complexity index is 597. The van der Waals surface area contributed by atoms with Crippen LogP contribution < -0.4 is 5.73 Å². The average Bonchev–Trinajstić information content (AvgIpc) is 2.76. The Balaban J connectivity index is 2.34. The van der Waals surface area contributed by atoms with Gasteiger partial charge in [0.05, 0.1) is 6.04 Å². The summed E-state index contributed by atoms with van der Waals surface area (Å²) >= 11 is 2.39. The largest absolute Gasteiger partial charge is 0.443 e. The summed E-state index contributed by atoms with van der Waals surface area (Å²) in [6.45, 7) is 0. The van der Waals surface area contributed by atoms with E-state index >= 15 is 0 Å². The van der Waals surface area contributed by atoms with E-state index in [1.807, 2.05) is 22.6 Å². The molecule has 0 spiro atoms. The van der Waals surface area contributed by atoms with Crippen molar-refractivity contribution in [3.05, 3.63) is 49.2 Å². The Morgan fingerprint density at radius 1 is 1.32 bits per heavy atom. The van der Waals surface area contributed by atoms with Crippen molar-refractivity contribution in [2.24, 2.45) is 5.73 Å². The van der Waals surface area contributed by atoms with E-state index in [0.717, 1.165) is 6.20 Å². The van der Waals surface area contributed by atoms with Crippen LogP contribution in [0.5, 0.6) is 0 Å². The normalized spacial score (nSPS) is 13.6. The van der Waals surface area contributed by atoms with Gasteiger partial charge < -0.3 is 5.73 Å². The topological polar surface area (TPSA) is 38.9 Å². The van der Waals surface area contributed by atoms with Crippen molar-refractivity contribution < 1.29 is 17.6 Å². The molecule has 0 saturated carbocycles. The molecule has 1 aromatic heterocycles. The van der Waals surface area contributed by atoms with Crippen molar-refractivity contribution >= 4 is 33.9 Å². The number of rotatable bonds is 2. The Hall–Kier alpha value is -0.740. The number of nitrogens with two attached hydrogens (primary N) is 1. The SMILES string of the molecule is NC(c1cnc(C(F)(F)F)s1)c1ccc(F)cc1I. The van der Waals surface area contributed by atoms with Gasteiger partial charge in [-0.25, -0.2) is 9.37 Å². The van der Waals surface area contributed by atoms with E-state index in [-0.39, 0.29) is 4.88 Å². The molecule has 0 amide bonds. The van der Waals surface area contributed by atoms with Gasteiger partial charge in [-0.2, -0.15) is 13.2 Å². The number of halogens is 5. The molecule has 0 aliphatic heterocycles. The van der Waals surface area contributed by atoms with Crippen LogP contribution in [0.4, 0.5) is 17.6 Å². The number of hydrogen-bond donors (Lipinski definition) is 1. The third kappa shape index (κ3) is 3.23. The van der Waals surface area contributed by atoms with Crippen molar-refractivity contribution in [3.8, 4) is 0 Å². The molecule has 2 nitrogen and oxygen atoms in total. The van der Waals surface area contributed by atoms with Gasteiger partial charge in [0.1, 0.15) is 5.82 Å². The summed E-state index contributed by atoms with van der Waals surface area (Å²) in [6.07, 6.45) is -3.36. The second-order valence-corrected chi connectivity index (χ2v) is 5.93. The van der Waals surface area contributed by atoms with Crippen molar-refractivity contribution in [3.63, 3.8) is 0 Å². The van der Waals surface area contributed by atoms with E-state index in [0.29, 0.717) is 20.5 Å². The molecular formula is C11H7F4IN2S. The van der Waals surface area contributed by atoms with Crippen molar-refractivity contribution in [1.29, 1.82) is 0 Å². The molecule has 1 unspecified atom stereocenters. The molecule has 0 bridgehead atoms. The average molecular weight is 402 g/mol. The molecule has 0 saturated heterocycles. The molecule has 0 radical (unpaired) electrons. The minimum Gasteiger partial charge on any atom is -0.320 e. The molecule has 2 N–H and O–H groups in total. The van der Waals surface area contributed by atoms with Gasteiger partial charge in [-0.15, -0.1) is 11.3 Å². The van der Waals surface area contributed by atoms with Gasteiger partial charge in [0.2, 0.25) is 0 Å². The molecule has 102 valence electrons. The summed E-state index contributed by atoms with van der Waals surface area (Å²) in [7, 11) is 0. The van der Waals surface area contributed by atoms with E-state index < -0.39 is 23.0 Å². The zero-order valence-corrected chi connectivity index (χ0v) is 12.2. The number of alkyl halides is 3. The third-order valence-corrected chi connectivity index (χ3v) is 4.43. The number of benzene rings is 1. The van der Waals surface area contributed by atoms with Crippen LogP contribution >= 0.6 is 33.9 Å². The molecule has 0 fully saturated rings. The van der Waals surface area contributed by atoms with E-state index in [2.05, 4.69) is 4.98 Å². The fourth-order valence-corrected chi connectivity index (χ4v) is 3.08. The zero-order chi connectivity index (χ0) is 14.2. The number of aromatic nitrogens is 1. The Morgan fingerprint density at radius 3 is 2.53 bits per heavy atom. The van der Waals surface area contributed by atoms with Crippen LogP contribution in [0.2, 0.25) is 0 Å². The second-order valence-electron chi connectivity index (χ2n) is 3.71. The maximum absolute atomic E-state index is 13.0. The summed E-state index contributed by atoms with van der Waals surface area (Å²) in [6, 6.07) is 3.22. The van der Waals surface area contributed by atoms with Gasteiger partial charge >= 0.3 is 6.18 Å². The lowest BCUT2D eigenvalue weighted by Crippen LogP contribution is -2.12. The summed E-state index contributed by atoms with van der Waals surface area (Å²) < 4.78 is 50.9. The Labute approximate surface area is 123 Å². The molecule has 19 heavy (non-hydrogen) atoms. The van der Waals surface area contributed by atoms with Crippen LogP contribution in [0.3, 0.4) is 0 Å². The molecule has 1 atom stereocenters. The molecule has 1 heterocycles. The standard InChI is InChI=1S/C11H7F4IN2S/c12-5-1-2-6(7(16)3-5)9(17)8-4-18-10(19-8)11(13,14)15/h1-4,9H,17H2. The van der Waals surface area contributed by atoms with E-state index in [1.54, 1.807) is 0 Å². The maximum atomic E-state index is 13.0. The summed E-state index contributed by atoms with van der Waals surface area (Å²) in [5.74, 6) is -0.416. The van der Waals surface area contributed by atoms with Gasteiger partial charge in [-0.3, -0.25) is 0 Å². The summed E-state index contributed by atoms with van der Waals surface area (Å²) in [4.78, 5) is 3.61. The maximum Gasteiger partial charge on any atom is 0.443 e. The first-order valence-electron chi connectivity index (χ1n) is 5.02. The first kappa shape index (κ1) is 14.7. The van der Waals surface area contributed by atoms with Crippen LogP contribution in [0.1, 0.15) is 21.5 Å². The fraction of sp³-hybridized carbons (Fsp3) is 0.182. The molecule has 0 aliphatic carbocycles. The van der Waals surface area contributed by atoms with Crippen molar-refractivity contribution in [2.75, 3.05) is 0 Å². The van der Waals surface area contributed by atoms with Crippen LogP contribution in [0.25, 0.3) is 0 Å². The molecule has 1 aromatic carbocycles. The summed E-state index contributed by atoms with van der Waals surface area (Å²) in [5.41, 5.74) is 6.47. The van der Waals surface area contributed by atoms with Crippen LogP contribution in [0.15, 0.2) is 24.4 Å². The van der Waals surface area contributed by atoms with E-state index in [4.69, 9.17) is 5.73 Å². The third-order valence-electron chi connectivity index (χ3n) is 2.37. The number of hydrogen-bond acceptors (Lipinski definition) is 3. The van der Waals surface area contributed by atoms with Crippen LogP contribution in [-0.4, -0.2) is 4.98 Å². The van der Waals surface area contributed by atoms with E-state index in [9.17, 15) is 17.6 Å². The lowest BCUT2D eigenvalue weighted by molar-refractivity contribution is -0.137. The first-order valence-corrected chi connectivity index (χ1v) is 6.92. The Morgan fingerprint density at radius 2 is 2.00 bits per heavy atom. The molecule has 0 aliphatic rings. The highest BCUT2D eigenvalue weighted by Gasteiger charge is 2.35. The second kappa shape index (κ2) is 5.33. The quantitative estimate of drug-likeness (QED) is 0.611. The number of nitrogens with zero attached hydrogens (tertiary/aromatic N) is 1. The van der Waals surface area contributed by atoms with Crippen LogP contribution in [0, 0.1) is 9.39 Å². The summed E-state index contributed by atoms with van der Waals surface area (Å²) in [5, 5.41) is -0.935. The minimum absolute atomic E-state index is 0.289. The van der Waals surface area contributed by atoms with Gasteiger partial charge in [-0.05, 0) is 40.3 Å². The zero-order valence-electron chi connectivity index (χ0n) is 9.21. The fourth-order valence-electron chi connectivity index (χ4n) is 1.47. The smallest absolute Gasteiger partial charge is 0.320 e. The molecule has 2 aromatic rings. The van der Waals surface area contributed by atoms with Crippen LogP contribution in [-0.2, 0) is 6.18 Å². The predicted octanol–water partition coefficient (Wildman–Crippen LogP) is 3.95. The minimum atomic E-state index is -4.47. The molecular weight excluding hydrogens is 395 g/mol. The highest BCUT2D eigenvalue weighted by Crippen LogP contribution is 2.36.